The molecular formula is C29H32ClNO6. The molecule has 0 saturated carbocycles. The van der Waals surface area contributed by atoms with Crippen molar-refractivity contribution in [2.45, 2.75) is 46.3 Å². The fourth-order valence-electron chi connectivity index (χ4n) is 4.18. The van der Waals surface area contributed by atoms with Gasteiger partial charge < -0.3 is 19.8 Å². The Balaban J connectivity index is 0.000000364. The molecule has 0 bridgehead atoms. The Kier molecular flexibility index (Phi) is 9.07. The molecule has 4 rings (SSSR count). The van der Waals surface area contributed by atoms with Crippen LogP contribution in [0.15, 0.2) is 60.7 Å². The molecule has 0 aromatic heterocycles. The Hall–Kier alpha value is -3.26. The molecule has 3 aromatic rings. The van der Waals surface area contributed by atoms with Crippen molar-refractivity contribution >= 4 is 45.7 Å². The summed E-state index contributed by atoms with van der Waals surface area (Å²) < 4.78 is 6.19. The lowest BCUT2D eigenvalue weighted by Gasteiger charge is -2.30. The first kappa shape index (κ1) is 28.3. The molecule has 0 fully saturated rings. The van der Waals surface area contributed by atoms with E-state index in [0.717, 1.165) is 27.6 Å². The van der Waals surface area contributed by atoms with Crippen LogP contribution in [0, 0.1) is 5.41 Å². The number of aliphatic carboxylic acids is 1. The number of anilines is 1. The predicted molar refractivity (Wildman–Crippen MR) is 144 cm³/mol. The van der Waals surface area contributed by atoms with E-state index in [1.54, 1.807) is 0 Å². The summed E-state index contributed by atoms with van der Waals surface area (Å²) in [5, 5.41) is 19.4. The molecule has 1 unspecified atom stereocenters. The van der Waals surface area contributed by atoms with Crippen molar-refractivity contribution in [1.29, 1.82) is 0 Å². The van der Waals surface area contributed by atoms with E-state index in [1.807, 2.05) is 41.3 Å². The molecule has 3 aromatic carbocycles. The van der Waals surface area contributed by atoms with Gasteiger partial charge in [-0.25, -0.2) is 4.79 Å². The highest BCUT2D eigenvalue weighted by atomic mass is 35.5. The summed E-state index contributed by atoms with van der Waals surface area (Å²) in [7, 11) is 0. The zero-order valence-electron chi connectivity index (χ0n) is 21.4. The maximum absolute atomic E-state index is 12.9. The third-order valence-electron chi connectivity index (χ3n) is 5.74. The summed E-state index contributed by atoms with van der Waals surface area (Å²) >= 11 is 6.36. The highest BCUT2D eigenvalue weighted by molar-refractivity contribution is 6.30. The topological polar surface area (TPSA) is 104 Å². The van der Waals surface area contributed by atoms with Crippen molar-refractivity contribution in [3.05, 3.63) is 76.8 Å². The van der Waals surface area contributed by atoms with E-state index < -0.39 is 12.1 Å². The number of aliphatic hydroxyl groups is 1. The van der Waals surface area contributed by atoms with E-state index in [-0.39, 0.29) is 36.2 Å². The van der Waals surface area contributed by atoms with Crippen LogP contribution >= 0.6 is 11.6 Å². The molecule has 0 radical (unpaired) electrons. The summed E-state index contributed by atoms with van der Waals surface area (Å²) in [5.41, 5.74) is 2.82. The van der Waals surface area contributed by atoms with Crippen LogP contribution in [0.1, 0.15) is 51.3 Å². The number of nitrogens with zero attached hydrogens (tertiary/aromatic N) is 1. The number of amides is 1. The third kappa shape index (κ3) is 7.38. The van der Waals surface area contributed by atoms with Crippen LogP contribution in [-0.4, -0.2) is 47.1 Å². The zero-order valence-corrected chi connectivity index (χ0v) is 22.2. The molecule has 2 N–H and O–H groups in total. The van der Waals surface area contributed by atoms with Crippen molar-refractivity contribution in [3.8, 4) is 0 Å². The summed E-state index contributed by atoms with van der Waals surface area (Å²) in [4.78, 5) is 34.8. The van der Waals surface area contributed by atoms with Gasteiger partial charge in [0.05, 0.1) is 0 Å². The van der Waals surface area contributed by atoms with Crippen LogP contribution in [0.3, 0.4) is 0 Å². The van der Waals surface area contributed by atoms with Crippen molar-refractivity contribution in [2.75, 3.05) is 18.1 Å². The molecule has 1 aliphatic heterocycles. The van der Waals surface area contributed by atoms with Gasteiger partial charge in [-0.05, 0) is 46.9 Å². The van der Waals surface area contributed by atoms with Crippen LogP contribution in [-0.2, 0) is 19.1 Å². The Labute approximate surface area is 221 Å². The van der Waals surface area contributed by atoms with Crippen LogP contribution < -0.4 is 4.90 Å². The lowest BCUT2D eigenvalue weighted by molar-refractivity contribution is -0.148. The first-order valence-corrected chi connectivity index (χ1v) is 12.3. The second-order valence-corrected chi connectivity index (χ2v) is 10.7. The molecule has 37 heavy (non-hydrogen) atoms. The Bertz CT molecular complexity index is 1290. The Morgan fingerprint density at radius 3 is 2.38 bits per heavy atom. The van der Waals surface area contributed by atoms with Gasteiger partial charge in [-0.1, -0.05) is 74.8 Å². The maximum Gasteiger partial charge on any atom is 0.332 e. The monoisotopic (exact) mass is 525 g/mol. The molecule has 2 atom stereocenters. The molecule has 0 spiro atoms. The number of carbonyl (C=O) groups is 3. The van der Waals surface area contributed by atoms with E-state index in [0.29, 0.717) is 11.6 Å². The lowest BCUT2D eigenvalue weighted by Crippen LogP contribution is -2.39. The van der Waals surface area contributed by atoms with Gasteiger partial charge in [0.1, 0.15) is 18.5 Å². The second kappa shape index (κ2) is 11.9. The number of ketones is 1. The number of carbonyl (C=O) groups excluding carboxylic acids is 2. The molecule has 1 heterocycles. The maximum atomic E-state index is 12.9. The van der Waals surface area contributed by atoms with E-state index in [2.05, 4.69) is 45.0 Å². The molecule has 0 saturated heterocycles. The van der Waals surface area contributed by atoms with Gasteiger partial charge in [-0.3, -0.25) is 9.59 Å². The van der Waals surface area contributed by atoms with Crippen molar-refractivity contribution < 1.29 is 29.3 Å². The van der Waals surface area contributed by atoms with Gasteiger partial charge in [0, 0.05) is 29.2 Å². The molecule has 8 heteroatoms. The average Bonchev–Trinajstić information content (AvgIpc) is 2.94. The van der Waals surface area contributed by atoms with Crippen molar-refractivity contribution in [3.63, 3.8) is 0 Å². The summed E-state index contributed by atoms with van der Waals surface area (Å²) in [6, 6.07) is 20.1. The van der Waals surface area contributed by atoms with Crippen LogP contribution in [0.2, 0.25) is 5.02 Å². The number of ether oxygens (including phenoxy) is 1. The SMILES string of the molecule is CC(=O)C[C@@H](O)C(=O)O.CC(C)(C)CN1C(=O)COC(c2cccc3ccccc23)c2cc(Cl)ccc21. The third-order valence-corrected chi connectivity index (χ3v) is 5.98. The predicted octanol–water partition coefficient (Wildman–Crippen LogP) is 5.40. The highest BCUT2D eigenvalue weighted by Gasteiger charge is 2.32. The number of hydrogen-bond donors (Lipinski definition) is 2. The van der Waals surface area contributed by atoms with Gasteiger partial charge in [-0.2, -0.15) is 0 Å². The van der Waals surface area contributed by atoms with Gasteiger partial charge >= 0.3 is 5.97 Å². The first-order chi connectivity index (χ1) is 17.4. The smallest absolute Gasteiger partial charge is 0.332 e. The fourth-order valence-corrected chi connectivity index (χ4v) is 4.36. The number of Topliss-reactive ketones (excluding diaryl/α,β-unsaturated/α-hetero) is 1. The molecule has 1 amide bonds. The van der Waals surface area contributed by atoms with Crippen molar-refractivity contribution in [1.82, 2.24) is 0 Å². The lowest BCUT2D eigenvalue weighted by atomic mass is 9.93. The van der Waals surface area contributed by atoms with Gasteiger partial charge in [-0.15, -0.1) is 0 Å². The number of carboxylic acids is 1. The van der Waals surface area contributed by atoms with Crippen LogP contribution in [0.5, 0.6) is 0 Å². The molecule has 1 aliphatic rings. The summed E-state index contributed by atoms with van der Waals surface area (Å²) in [6.07, 6.45) is -2.20. The van der Waals surface area contributed by atoms with Crippen LogP contribution in [0.4, 0.5) is 5.69 Å². The van der Waals surface area contributed by atoms with Crippen molar-refractivity contribution in [2.24, 2.45) is 5.41 Å². The summed E-state index contributed by atoms with van der Waals surface area (Å²) in [5.74, 6) is -1.71. The quantitative estimate of drug-likeness (QED) is 0.462. The van der Waals surface area contributed by atoms with Crippen LogP contribution in [0.25, 0.3) is 10.8 Å². The Morgan fingerprint density at radius 2 is 1.76 bits per heavy atom. The fraction of sp³-hybridized carbons (Fsp3) is 0.345. The first-order valence-electron chi connectivity index (χ1n) is 12.0. The molecular weight excluding hydrogens is 494 g/mol. The number of benzene rings is 3. The van der Waals surface area contributed by atoms with Gasteiger partial charge in [0.15, 0.2) is 6.10 Å². The van der Waals surface area contributed by atoms with E-state index in [4.69, 9.17) is 26.6 Å². The van der Waals surface area contributed by atoms with Gasteiger partial charge in [0.25, 0.3) is 5.91 Å². The number of rotatable bonds is 5. The number of aliphatic hydroxyl groups excluding tert-OH is 1. The van der Waals surface area contributed by atoms with Gasteiger partial charge in [0.2, 0.25) is 0 Å². The minimum atomic E-state index is -1.54. The molecule has 196 valence electrons. The second-order valence-electron chi connectivity index (χ2n) is 10.3. The minimum Gasteiger partial charge on any atom is -0.479 e. The number of carboxylic acid groups (broad SMARTS) is 1. The standard InChI is InChI=1S/C24H24ClNO2.C5H8O4/c1-24(2,3)15-26-21-12-11-17(25)13-20(21)23(28-14-22(26)27)19-10-6-8-16-7-4-5-9-18(16)19;1-3(6)2-4(7)5(8)9/h4-13,23H,14-15H2,1-3H3;4,7H,2H2,1H3,(H,8,9)/t;4-/m.1/s1. The Morgan fingerprint density at radius 1 is 1.08 bits per heavy atom. The number of fused-ring (bicyclic) bond motifs is 2. The van der Waals surface area contributed by atoms with E-state index in [9.17, 15) is 14.4 Å². The minimum absolute atomic E-state index is 0.0266. The number of hydrogen-bond acceptors (Lipinski definition) is 5. The van der Waals surface area contributed by atoms with E-state index in [1.165, 1.54) is 6.92 Å². The molecule has 0 aliphatic carbocycles. The average molecular weight is 526 g/mol. The number of halogens is 1. The highest BCUT2D eigenvalue weighted by Crippen LogP contribution is 2.40. The zero-order chi connectivity index (χ0) is 27.3. The van der Waals surface area contributed by atoms with E-state index >= 15 is 0 Å². The summed E-state index contributed by atoms with van der Waals surface area (Å²) in [6.45, 7) is 8.27. The molecule has 7 nitrogen and oxygen atoms in total. The largest absolute Gasteiger partial charge is 0.479 e. The normalized spacial score (nSPS) is 16.3.